The van der Waals surface area contributed by atoms with E-state index < -0.39 is 12.1 Å². The zero-order valence-corrected chi connectivity index (χ0v) is 12.7. The standard InChI is InChI=1S/C16H19N3O4/c1-22-15-8-7-12(9-17-15)19-16(21)18-10-13(20)11-23-14-5-3-2-4-6-14/h2-9,13,20H,10-11H2,1H3,(H2,18,19,21). The van der Waals surface area contributed by atoms with E-state index in [-0.39, 0.29) is 13.2 Å². The van der Waals surface area contributed by atoms with Crippen LogP contribution in [0.15, 0.2) is 48.7 Å². The van der Waals surface area contributed by atoms with Gasteiger partial charge in [0.1, 0.15) is 18.5 Å². The quantitative estimate of drug-likeness (QED) is 0.722. The van der Waals surface area contributed by atoms with Crippen LogP contribution >= 0.6 is 0 Å². The van der Waals surface area contributed by atoms with Gasteiger partial charge in [0.15, 0.2) is 0 Å². The number of rotatable bonds is 7. The summed E-state index contributed by atoms with van der Waals surface area (Å²) in [6.07, 6.45) is 0.669. The molecular formula is C16H19N3O4. The van der Waals surface area contributed by atoms with E-state index >= 15 is 0 Å². The van der Waals surface area contributed by atoms with E-state index in [1.165, 1.54) is 13.3 Å². The van der Waals surface area contributed by atoms with Gasteiger partial charge in [-0.25, -0.2) is 9.78 Å². The molecular weight excluding hydrogens is 298 g/mol. The molecule has 1 unspecified atom stereocenters. The molecule has 7 heteroatoms. The van der Waals surface area contributed by atoms with Crippen molar-refractivity contribution in [1.29, 1.82) is 0 Å². The predicted molar refractivity (Wildman–Crippen MR) is 85.8 cm³/mol. The van der Waals surface area contributed by atoms with E-state index in [1.807, 2.05) is 18.2 Å². The van der Waals surface area contributed by atoms with E-state index in [4.69, 9.17) is 9.47 Å². The van der Waals surface area contributed by atoms with Crippen molar-refractivity contribution in [2.45, 2.75) is 6.10 Å². The summed E-state index contributed by atoms with van der Waals surface area (Å²) in [5.41, 5.74) is 0.526. The zero-order chi connectivity index (χ0) is 16.5. The number of pyridine rings is 1. The zero-order valence-electron chi connectivity index (χ0n) is 12.7. The first-order valence-corrected chi connectivity index (χ1v) is 7.08. The van der Waals surface area contributed by atoms with Crippen molar-refractivity contribution >= 4 is 11.7 Å². The molecule has 3 N–H and O–H groups in total. The molecule has 0 saturated carbocycles. The van der Waals surface area contributed by atoms with Gasteiger partial charge in [-0.2, -0.15) is 0 Å². The van der Waals surface area contributed by atoms with E-state index in [0.717, 1.165) is 0 Å². The highest BCUT2D eigenvalue weighted by Gasteiger charge is 2.08. The number of nitrogens with zero attached hydrogens (tertiary/aromatic N) is 1. The minimum absolute atomic E-state index is 0.0717. The SMILES string of the molecule is COc1ccc(NC(=O)NCC(O)COc2ccccc2)cn1. The second-order valence-corrected chi connectivity index (χ2v) is 4.70. The molecule has 23 heavy (non-hydrogen) atoms. The molecule has 0 aliphatic heterocycles. The molecule has 1 aromatic carbocycles. The van der Waals surface area contributed by atoms with E-state index in [2.05, 4.69) is 15.6 Å². The molecule has 2 rings (SSSR count). The Morgan fingerprint density at radius 2 is 2.04 bits per heavy atom. The topological polar surface area (TPSA) is 92.7 Å². The molecule has 0 bridgehead atoms. The van der Waals surface area contributed by atoms with Crippen molar-refractivity contribution in [2.75, 3.05) is 25.6 Å². The number of amides is 2. The van der Waals surface area contributed by atoms with Crippen LogP contribution in [-0.4, -0.2) is 42.5 Å². The fraction of sp³-hybridized carbons (Fsp3) is 0.250. The fourth-order valence-electron chi connectivity index (χ4n) is 1.73. The lowest BCUT2D eigenvalue weighted by molar-refractivity contribution is 0.108. The molecule has 2 aromatic rings. The average Bonchev–Trinajstić information content (AvgIpc) is 2.60. The van der Waals surface area contributed by atoms with Gasteiger partial charge in [-0.3, -0.25) is 0 Å². The molecule has 1 aromatic heterocycles. The van der Waals surface area contributed by atoms with Crippen molar-refractivity contribution in [1.82, 2.24) is 10.3 Å². The monoisotopic (exact) mass is 317 g/mol. The van der Waals surface area contributed by atoms with Crippen LogP contribution in [0.2, 0.25) is 0 Å². The number of carbonyl (C=O) groups excluding carboxylic acids is 1. The van der Waals surface area contributed by atoms with Crippen molar-refractivity contribution in [3.63, 3.8) is 0 Å². The average molecular weight is 317 g/mol. The second-order valence-electron chi connectivity index (χ2n) is 4.70. The number of urea groups is 1. The number of carbonyl (C=O) groups is 1. The molecule has 0 aliphatic carbocycles. The molecule has 122 valence electrons. The maximum absolute atomic E-state index is 11.7. The van der Waals surface area contributed by atoms with Crippen molar-refractivity contribution in [2.24, 2.45) is 0 Å². The second kappa shape index (κ2) is 8.60. The van der Waals surface area contributed by atoms with Crippen LogP contribution in [0.1, 0.15) is 0 Å². The van der Waals surface area contributed by atoms with Gasteiger partial charge in [0.2, 0.25) is 5.88 Å². The summed E-state index contributed by atoms with van der Waals surface area (Å²) in [5.74, 6) is 1.13. The highest BCUT2D eigenvalue weighted by Crippen LogP contribution is 2.10. The summed E-state index contributed by atoms with van der Waals surface area (Å²) in [5, 5.41) is 15.0. The van der Waals surface area contributed by atoms with Gasteiger partial charge >= 0.3 is 6.03 Å². The summed E-state index contributed by atoms with van der Waals surface area (Å²) >= 11 is 0. The third-order valence-electron chi connectivity index (χ3n) is 2.89. The van der Waals surface area contributed by atoms with Crippen LogP contribution in [-0.2, 0) is 0 Å². The normalized spacial score (nSPS) is 11.4. The number of aliphatic hydroxyl groups excluding tert-OH is 1. The van der Waals surface area contributed by atoms with Crippen LogP contribution in [0, 0.1) is 0 Å². The summed E-state index contributed by atoms with van der Waals surface area (Å²) < 4.78 is 10.3. The Hall–Kier alpha value is -2.80. The number of para-hydroxylation sites is 1. The Kier molecular flexibility index (Phi) is 6.19. The molecule has 0 saturated heterocycles. The van der Waals surface area contributed by atoms with E-state index in [0.29, 0.717) is 17.3 Å². The Labute approximate surface area is 134 Å². The van der Waals surface area contributed by atoms with Gasteiger partial charge in [0.05, 0.1) is 19.0 Å². The molecule has 0 aliphatic rings. The Bertz CT molecular complexity index is 604. The summed E-state index contributed by atoms with van der Waals surface area (Å²) in [6.45, 7) is 0.163. The summed E-state index contributed by atoms with van der Waals surface area (Å²) in [4.78, 5) is 15.7. The fourth-order valence-corrected chi connectivity index (χ4v) is 1.73. The predicted octanol–water partition coefficient (Wildman–Crippen LogP) is 1.65. The Morgan fingerprint density at radius 1 is 1.26 bits per heavy atom. The first-order valence-electron chi connectivity index (χ1n) is 7.08. The lowest BCUT2D eigenvalue weighted by atomic mass is 10.3. The highest BCUT2D eigenvalue weighted by atomic mass is 16.5. The number of aromatic nitrogens is 1. The van der Waals surface area contributed by atoms with Gasteiger partial charge in [0, 0.05) is 12.6 Å². The van der Waals surface area contributed by atoms with Gasteiger partial charge < -0.3 is 25.2 Å². The molecule has 2 amide bonds. The maximum Gasteiger partial charge on any atom is 0.319 e. The van der Waals surface area contributed by atoms with E-state index in [1.54, 1.807) is 24.3 Å². The van der Waals surface area contributed by atoms with Gasteiger partial charge in [0.25, 0.3) is 0 Å². The van der Waals surface area contributed by atoms with Crippen LogP contribution in [0.25, 0.3) is 0 Å². The van der Waals surface area contributed by atoms with Gasteiger partial charge in [-0.1, -0.05) is 18.2 Å². The highest BCUT2D eigenvalue weighted by molar-refractivity contribution is 5.89. The molecule has 0 spiro atoms. The molecule has 1 atom stereocenters. The van der Waals surface area contributed by atoms with E-state index in [9.17, 15) is 9.90 Å². The largest absolute Gasteiger partial charge is 0.491 e. The van der Waals surface area contributed by atoms with Gasteiger partial charge in [-0.15, -0.1) is 0 Å². The lowest BCUT2D eigenvalue weighted by Crippen LogP contribution is -2.37. The number of methoxy groups -OCH3 is 1. The molecule has 1 heterocycles. The van der Waals surface area contributed by atoms with Crippen molar-refractivity contribution in [3.05, 3.63) is 48.7 Å². The van der Waals surface area contributed by atoms with Crippen LogP contribution < -0.4 is 20.1 Å². The smallest absolute Gasteiger partial charge is 0.319 e. The third-order valence-corrected chi connectivity index (χ3v) is 2.89. The lowest BCUT2D eigenvalue weighted by Gasteiger charge is -2.13. The third kappa shape index (κ3) is 5.84. The molecule has 0 fully saturated rings. The Morgan fingerprint density at radius 3 is 2.70 bits per heavy atom. The number of ether oxygens (including phenoxy) is 2. The first-order chi connectivity index (χ1) is 11.2. The van der Waals surface area contributed by atoms with Gasteiger partial charge in [-0.05, 0) is 18.2 Å². The number of benzene rings is 1. The Balaban J connectivity index is 1.68. The number of aliphatic hydroxyl groups is 1. The van der Waals surface area contributed by atoms with Crippen LogP contribution in [0.5, 0.6) is 11.6 Å². The van der Waals surface area contributed by atoms with Crippen molar-refractivity contribution in [3.8, 4) is 11.6 Å². The number of hydrogen-bond donors (Lipinski definition) is 3. The minimum Gasteiger partial charge on any atom is -0.491 e. The first kappa shape index (κ1) is 16.6. The van der Waals surface area contributed by atoms with Crippen molar-refractivity contribution < 1.29 is 19.4 Å². The van der Waals surface area contributed by atoms with Crippen LogP contribution in [0.3, 0.4) is 0 Å². The van der Waals surface area contributed by atoms with Crippen LogP contribution in [0.4, 0.5) is 10.5 Å². The molecule has 0 radical (unpaired) electrons. The minimum atomic E-state index is -0.810. The number of nitrogens with one attached hydrogen (secondary N) is 2. The number of hydrogen-bond acceptors (Lipinski definition) is 5. The summed E-state index contributed by atoms with van der Waals surface area (Å²) in [7, 11) is 1.51. The summed E-state index contributed by atoms with van der Waals surface area (Å²) in [6, 6.07) is 12.0. The number of anilines is 1. The molecule has 7 nitrogen and oxygen atoms in total. The maximum atomic E-state index is 11.7.